The summed E-state index contributed by atoms with van der Waals surface area (Å²) in [7, 11) is 0. The third-order valence-corrected chi connectivity index (χ3v) is 2.22. The molecule has 6 heteroatoms. The lowest BCUT2D eigenvalue weighted by Gasteiger charge is -2.08. The van der Waals surface area contributed by atoms with E-state index in [1.165, 1.54) is 12.2 Å². The van der Waals surface area contributed by atoms with Gasteiger partial charge in [-0.1, -0.05) is 17.7 Å². The van der Waals surface area contributed by atoms with Crippen molar-refractivity contribution in [2.75, 3.05) is 0 Å². The summed E-state index contributed by atoms with van der Waals surface area (Å²) in [5.74, 6) is -1.33. The third kappa shape index (κ3) is 5.45. The summed E-state index contributed by atoms with van der Waals surface area (Å²) in [4.78, 5) is 25.8. The fraction of sp³-hybridized carbons (Fsp3) is 0.250. The Morgan fingerprint density at radius 2 is 2.28 bits per heavy atom. The predicted molar refractivity (Wildman–Crippen MR) is 68.1 cm³/mol. The molecule has 1 aromatic heterocycles. The van der Waals surface area contributed by atoms with Crippen molar-refractivity contribution in [3.8, 4) is 0 Å². The van der Waals surface area contributed by atoms with Crippen LogP contribution in [0, 0.1) is 0 Å². The predicted octanol–water partition coefficient (Wildman–Crippen LogP) is 1.73. The quantitative estimate of drug-likeness (QED) is 0.630. The molecule has 1 atom stereocenters. The number of hydrogen-bond donors (Lipinski definition) is 2. The van der Waals surface area contributed by atoms with Crippen LogP contribution in [0.15, 0.2) is 24.3 Å². The molecule has 1 amide bonds. The zero-order chi connectivity index (χ0) is 13.5. The Kier molecular flexibility index (Phi) is 5.32. The first-order chi connectivity index (χ1) is 8.47. The molecule has 0 spiro atoms. The second-order valence-electron chi connectivity index (χ2n) is 3.73. The van der Waals surface area contributed by atoms with Crippen molar-refractivity contribution >= 4 is 29.6 Å². The molecule has 0 saturated carbocycles. The van der Waals surface area contributed by atoms with Crippen LogP contribution in [0.5, 0.6) is 0 Å². The Bertz CT molecular complexity index is 474. The molecule has 96 valence electrons. The van der Waals surface area contributed by atoms with Crippen LogP contribution >= 0.6 is 11.6 Å². The number of halogens is 1. The maximum absolute atomic E-state index is 11.4. The van der Waals surface area contributed by atoms with E-state index in [0.717, 1.165) is 0 Å². The molecule has 0 aliphatic carbocycles. The topological polar surface area (TPSA) is 79.3 Å². The second kappa shape index (κ2) is 6.76. The summed E-state index contributed by atoms with van der Waals surface area (Å²) in [5, 5.41) is 11.4. The van der Waals surface area contributed by atoms with Crippen LogP contribution in [0.1, 0.15) is 19.0 Å². The number of rotatable bonds is 5. The van der Waals surface area contributed by atoms with E-state index < -0.39 is 12.0 Å². The number of carbonyl (C=O) groups excluding carboxylic acids is 1. The largest absolute Gasteiger partial charge is 0.481 e. The highest BCUT2D eigenvalue weighted by Crippen LogP contribution is 2.06. The van der Waals surface area contributed by atoms with Crippen LogP contribution < -0.4 is 5.32 Å². The number of aliphatic carboxylic acids is 1. The summed E-state index contributed by atoms with van der Waals surface area (Å²) in [5.41, 5.74) is 0.559. The first-order valence-corrected chi connectivity index (χ1v) is 5.68. The average molecular weight is 269 g/mol. The van der Waals surface area contributed by atoms with Gasteiger partial charge in [0, 0.05) is 12.1 Å². The van der Waals surface area contributed by atoms with E-state index >= 15 is 0 Å². The first-order valence-electron chi connectivity index (χ1n) is 5.30. The summed E-state index contributed by atoms with van der Waals surface area (Å²) >= 11 is 5.69. The number of hydrogen-bond acceptors (Lipinski definition) is 3. The highest BCUT2D eigenvalue weighted by atomic mass is 35.5. The lowest BCUT2D eigenvalue weighted by Crippen LogP contribution is -2.32. The molecule has 0 radical (unpaired) electrons. The maximum Gasteiger partial charge on any atom is 0.305 e. The van der Waals surface area contributed by atoms with E-state index in [-0.39, 0.29) is 12.3 Å². The molecular weight excluding hydrogens is 256 g/mol. The van der Waals surface area contributed by atoms with E-state index in [4.69, 9.17) is 16.7 Å². The summed E-state index contributed by atoms with van der Waals surface area (Å²) in [6, 6.07) is 4.64. The lowest BCUT2D eigenvalue weighted by molar-refractivity contribution is -0.137. The van der Waals surface area contributed by atoms with Gasteiger partial charge in [-0.25, -0.2) is 4.98 Å². The molecule has 1 rings (SSSR count). The number of nitrogens with one attached hydrogen (secondary N) is 1. The molecule has 0 bridgehead atoms. The van der Waals surface area contributed by atoms with Gasteiger partial charge in [-0.3, -0.25) is 9.59 Å². The molecule has 0 aliphatic rings. The highest BCUT2D eigenvalue weighted by molar-refractivity contribution is 6.29. The number of carboxylic acids is 1. The van der Waals surface area contributed by atoms with Gasteiger partial charge in [-0.15, -0.1) is 0 Å². The fourth-order valence-electron chi connectivity index (χ4n) is 1.28. The fourth-order valence-corrected chi connectivity index (χ4v) is 1.45. The van der Waals surface area contributed by atoms with E-state index in [1.807, 2.05) is 0 Å². The van der Waals surface area contributed by atoms with Crippen LogP contribution in [-0.4, -0.2) is 28.0 Å². The van der Waals surface area contributed by atoms with Crippen molar-refractivity contribution < 1.29 is 14.7 Å². The van der Waals surface area contributed by atoms with Crippen LogP contribution in [0.2, 0.25) is 5.15 Å². The minimum atomic E-state index is -0.955. The van der Waals surface area contributed by atoms with Gasteiger partial charge >= 0.3 is 5.97 Å². The van der Waals surface area contributed by atoms with Crippen LogP contribution in [0.3, 0.4) is 0 Å². The van der Waals surface area contributed by atoms with Gasteiger partial charge in [0.1, 0.15) is 5.15 Å². The Labute approximate surface area is 109 Å². The number of pyridine rings is 1. The maximum atomic E-state index is 11.4. The molecule has 5 nitrogen and oxygen atoms in total. The van der Waals surface area contributed by atoms with Crippen molar-refractivity contribution in [2.24, 2.45) is 0 Å². The molecule has 0 aliphatic heterocycles. The van der Waals surface area contributed by atoms with Gasteiger partial charge in [0.15, 0.2) is 0 Å². The van der Waals surface area contributed by atoms with Crippen molar-refractivity contribution in [3.05, 3.63) is 35.1 Å². The molecule has 18 heavy (non-hydrogen) atoms. The number of carboxylic acid groups (broad SMARTS) is 1. The molecule has 2 N–H and O–H groups in total. The number of aromatic nitrogens is 1. The normalized spacial score (nSPS) is 12.3. The molecular formula is C12H13ClN2O3. The Hall–Kier alpha value is -1.88. The second-order valence-corrected chi connectivity index (χ2v) is 4.11. The van der Waals surface area contributed by atoms with E-state index in [9.17, 15) is 9.59 Å². The Morgan fingerprint density at radius 1 is 1.56 bits per heavy atom. The molecule has 0 fully saturated rings. The van der Waals surface area contributed by atoms with Crippen molar-refractivity contribution in [2.45, 2.75) is 19.4 Å². The minimum Gasteiger partial charge on any atom is -0.481 e. The van der Waals surface area contributed by atoms with Crippen LogP contribution in [0.25, 0.3) is 6.08 Å². The highest BCUT2D eigenvalue weighted by Gasteiger charge is 2.08. The van der Waals surface area contributed by atoms with Gasteiger partial charge in [-0.05, 0) is 25.1 Å². The van der Waals surface area contributed by atoms with Crippen molar-refractivity contribution in [1.29, 1.82) is 0 Å². The summed E-state index contributed by atoms with van der Waals surface area (Å²) in [6.45, 7) is 1.62. The number of amides is 1. The van der Waals surface area contributed by atoms with Crippen molar-refractivity contribution in [1.82, 2.24) is 10.3 Å². The first kappa shape index (κ1) is 14.2. The van der Waals surface area contributed by atoms with Gasteiger partial charge in [-0.2, -0.15) is 0 Å². The molecule has 0 unspecified atom stereocenters. The molecule has 1 heterocycles. The van der Waals surface area contributed by atoms with Gasteiger partial charge < -0.3 is 10.4 Å². The SMILES string of the molecule is C[C@@H](CC(=O)O)NC(=O)/C=C/c1cccc(Cl)n1. The van der Waals surface area contributed by atoms with E-state index in [0.29, 0.717) is 10.8 Å². The Morgan fingerprint density at radius 3 is 2.89 bits per heavy atom. The van der Waals surface area contributed by atoms with E-state index in [2.05, 4.69) is 10.3 Å². The van der Waals surface area contributed by atoms with Crippen LogP contribution in [-0.2, 0) is 9.59 Å². The Balaban J connectivity index is 2.52. The average Bonchev–Trinajstić information content (AvgIpc) is 2.25. The van der Waals surface area contributed by atoms with Crippen LogP contribution in [0.4, 0.5) is 0 Å². The minimum absolute atomic E-state index is 0.116. The monoisotopic (exact) mass is 268 g/mol. The number of carbonyl (C=O) groups is 2. The molecule has 1 aromatic rings. The third-order valence-electron chi connectivity index (χ3n) is 2.01. The lowest BCUT2D eigenvalue weighted by atomic mass is 10.2. The zero-order valence-corrected chi connectivity index (χ0v) is 10.5. The standard InChI is InChI=1S/C12H13ClN2O3/c1-8(7-12(17)18)14-11(16)6-5-9-3-2-4-10(13)15-9/h2-6,8H,7H2,1H3,(H,14,16)(H,17,18)/b6-5+/t8-/m0/s1. The van der Waals surface area contributed by atoms with E-state index in [1.54, 1.807) is 25.1 Å². The van der Waals surface area contributed by atoms with Crippen molar-refractivity contribution in [3.63, 3.8) is 0 Å². The molecule has 0 saturated heterocycles. The summed E-state index contributed by atoms with van der Waals surface area (Å²) in [6.07, 6.45) is 2.68. The zero-order valence-electron chi connectivity index (χ0n) is 9.76. The van der Waals surface area contributed by atoms with Gasteiger partial charge in [0.05, 0.1) is 12.1 Å². The molecule has 0 aromatic carbocycles. The summed E-state index contributed by atoms with van der Waals surface area (Å²) < 4.78 is 0. The number of nitrogens with zero attached hydrogens (tertiary/aromatic N) is 1. The van der Waals surface area contributed by atoms with Gasteiger partial charge in [0.25, 0.3) is 0 Å². The van der Waals surface area contributed by atoms with Gasteiger partial charge in [0.2, 0.25) is 5.91 Å². The smallest absolute Gasteiger partial charge is 0.305 e.